The van der Waals surface area contributed by atoms with Crippen LogP contribution >= 0.6 is 27.5 Å². The summed E-state index contributed by atoms with van der Waals surface area (Å²) in [4.78, 5) is 12.4. The average molecular weight is 369 g/mol. The molecule has 0 saturated heterocycles. The highest BCUT2D eigenvalue weighted by Gasteiger charge is 2.12. The summed E-state index contributed by atoms with van der Waals surface area (Å²) in [6, 6.07) is 8.88. The Labute approximate surface area is 136 Å². The summed E-state index contributed by atoms with van der Waals surface area (Å²) in [6.45, 7) is 3.76. The standard InChI is InChI=1S/C15H15BrClN3O/c1-8-5-10(20-18)3-4-11(8)15(21)19-14-7-13(17)9(2)6-12(14)16/h3-7,20H,18H2,1-2H3,(H,19,21). The van der Waals surface area contributed by atoms with E-state index in [0.717, 1.165) is 21.3 Å². The van der Waals surface area contributed by atoms with Crippen molar-refractivity contribution in [3.63, 3.8) is 0 Å². The molecule has 0 fully saturated rings. The number of anilines is 2. The van der Waals surface area contributed by atoms with Crippen molar-refractivity contribution in [3.05, 3.63) is 56.5 Å². The normalized spacial score (nSPS) is 10.3. The minimum atomic E-state index is -0.198. The molecule has 1 amide bonds. The third kappa shape index (κ3) is 3.56. The Morgan fingerprint density at radius 1 is 1.19 bits per heavy atom. The predicted octanol–water partition coefficient (Wildman–Crippen LogP) is 4.26. The van der Waals surface area contributed by atoms with E-state index in [9.17, 15) is 4.79 Å². The number of benzene rings is 2. The molecule has 0 aliphatic heterocycles. The van der Waals surface area contributed by atoms with Gasteiger partial charge in [-0.05, 0) is 71.2 Å². The third-order valence-electron chi connectivity index (χ3n) is 3.13. The van der Waals surface area contributed by atoms with E-state index in [1.54, 1.807) is 18.2 Å². The molecular formula is C15H15BrClN3O. The van der Waals surface area contributed by atoms with Gasteiger partial charge in [-0.15, -0.1) is 0 Å². The van der Waals surface area contributed by atoms with Crippen LogP contribution in [0, 0.1) is 13.8 Å². The van der Waals surface area contributed by atoms with E-state index in [4.69, 9.17) is 17.4 Å². The van der Waals surface area contributed by atoms with Gasteiger partial charge in [0, 0.05) is 20.7 Å². The Morgan fingerprint density at radius 2 is 1.90 bits per heavy atom. The average Bonchev–Trinajstić information content (AvgIpc) is 2.44. The van der Waals surface area contributed by atoms with E-state index in [0.29, 0.717) is 16.3 Å². The number of hydrazine groups is 1. The van der Waals surface area contributed by atoms with Gasteiger partial charge in [0.15, 0.2) is 0 Å². The van der Waals surface area contributed by atoms with Gasteiger partial charge in [-0.3, -0.25) is 10.6 Å². The highest BCUT2D eigenvalue weighted by molar-refractivity contribution is 9.10. The molecule has 0 aliphatic rings. The predicted molar refractivity (Wildman–Crippen MR) is 90.8 cm³/mol. The number of halogens is 2. The van der Waals surface area contributed by atoms with Crippen LogP contribution in [0.2, 0.25) is 5.02 Å². The molecule has 0 heterocycles. The molecular weight excluding hydrogens is 354 g/mol. The van der Waals surface area contributed by atoms with Crippen molar-refractivity contribution in [1.82, 2.24) is 0 Å². The number of carbonyl (C=O) groups excluding carboxylic acids is 1. The van der Waals surface area contributed by atoms with Gasteiger partial charge in [0.05, 0.1) is 5.69 Å². The van der Waals surface area contributed by atoms with Crippen molar-refractivity contribution in [2.45, 2.75) is 13.8 Å². The molecule has 0 spiro atoms. The van der Waals surface area contributed by atoms with Crippen LogP contribution in [0.5, 0.6) is 0 Å². The number of hydrogen-bond acceptors (Lipinski definition) is 3. The van der Waals surface area contributed by atoms with E-state index in [1.165, 1.54) is 0 Å². The number of aryl methyl sites for hydroxylation is 2. The lowest BCUT2D eigenvalue weighted by Crippen LogP contribution is -2.14. The second kappa shape index (κ2) is 6.47. The Bertz CT molecular complexity index is 704. The zero-order valence-corrected chi connectivity index (χ0v) is 14.0. The summed E-state index contributed by atoms with van der Waals surface area (Å²) in [5.41, 5.74) is 6.29. The number of amides is 1. The third-order valence-corrected chi connectivity index (χ3v) is 4.20. The van der Waals surface area contributed by atoms with Crippen LogP contribution in [-0.4, -0.2) is 5.91 Å². The molecule has 0 aliphatic carbocycles. The molecule has 6 heteroatoms. The minimum absolute atomic E-state index is 0.198. The minimum Gasteiger partial charge on any atom is -0.324 e. The first kappa shape index (κ1) is 15.8. The molecule has 2 aromatic rings. The van der Waals surface area contributed by atoms with Gasteiger partial charge in [-0.25, -0.2) is 0 Å². The summed E-state index contributed by atoms with van der Waals surface area (Å²) < 4.78 is 0.788. The molecule has 0 radical (unpaired) electrons. The van der Waals surface area contributed by atoms with Gasteiger partial charge >= 0.3 is 0 Å². The van der Waals surface area contributed by atoms with Crippen LogP contribution < -0.4 is 16.6 Å². The first-order chi connectivity index (χ1) is 9.92. The number of rotatable bonds is 3. The van der Waals surface area contributed by atoms with Gasteiger partial charge < -0.3 is 10.7 Å². The molecule has 2 rings (SSSR count). The molecule has 4 nitrogen and oxygen atoms in total. The molecule has 0 saturated carbocycles. The van der Waals surface area contributed by atoms with Crippen LogP contribution in [0.4, 0.5) is 11.4 Å². The Kier molecular flexibility index (Phi) is 4.88. The van der Waals surface area contributed by atoms with E-state index in [2.05, 4.69) is 26.7 Å². The van der Waals surface area contributed by atoms with Crippen LogP contribution in [0.1, 0.15) is 21.5 Å². The highest BCUT2D eigenvalue weighted by atomic mass is 79.9. The number of nitrogen functional groups attached to an aromatic ring is 1. The summed E-state index contributed by atoms with van der Waals surface area (Å²) in [6.07, 6.45) is 0. The van der Waals surface area contributed by atoms with Crippen molar-refractivity contribution in [3.8, 4) is 0 Å². The van der Waals surface area contributed by atoms with E-state index in [1.807, 2.05) is 26.0 Å². The van der Waals surface area contributed by atoms with Crippen molar-refractivity contribution in [2.24, 2.45) is 5.84 Å². The molecule has 0 unspecified atom stereocenters. The first-order valence-corrected chi connectivity index (χ1v) is 7.43. The van der Waals surface area contributed by atoms with Gasteiger partial charge in [-0.1, -0.05) is 11.6 Å². The number of carbonyl (C=O) groups is 1. The topological polar surface area (TPSA) is 67.2 Å². The fraction of sp³-hybridized carbons (Fsp3) is 0.133. The Balaban J connectivity index is 2.28. The molecule has 4 N–H and O–H groups in total. The molecule has 0 aromatic heterocycles. The maximum Gasteiger partial charge on any atom is 0.255 e. The lowest BCUT2D eigenvalue weighted by molar-refractivity contribution is 0.102. The van der Waals surface area contributed by atoms with Crippen molar-refractivity contribution < 1.29 is 4.79 Å². The SMILES string of the molecule is Cc1cc(Br)c(NC(=O)c2ccc(NN)cc2C)cc1Cl. The monoisotopic (exact) mass is 367 g/mol. The smallest absolute Gasteiger partial charge is 0.255 e. The quantitative estimate of drug-likeness (QED) is 0.560. The van der Waals surface area contributed by atoms with E-state index >= 15 is 0 Å². The fourth-order valence-electron chi connectivity index (χ4n) is 1.94. The molecule has 0 bridgehead atoms. The van der Waals surface area contributed by atoms with Gasteiger partial charge in [0.2, 0.25) is 0 Å². The number of nitrogens with two attached hydrogens (primary N) is 1. The Morgan fingerprint density at radius 3 is 2.52 bits per heavy atom. The fourth-order valence-corrected chi connectivity index (χ4v) is 2.66. The molecule has 110 valence electrons. The molecule has 21 heavy (non-hydrogen) atoms. The first-order valence-electron chi connectivity index (χ1n) is 6.26. The lowest BCUT2D eigenvalue weighted by Gasteiger charge is -2.12. The number of hydrogen-bond donors (Lipinski definition) is 3. The maximum absolute atomic E-state index is 12.4. The van der Waals surface area contributed by atoms with Crippen LogP contribution in [0.25, 0.3) is 0 Å². The van der Waals surface area contributed by atoms with E-state index in [-0.39, 0.29) is 5.91 Å². The summed E-state index contributed by atoms with van der Waals surface area (Å²) in [5.74, 6) is 5.15. The second-order valence-corrected chi connectivity index (χ2v) is 5.97. The van der Waals surface area contributed by atoms with E-state index < -0.39 is 0 Å². The van der Waals surface area contributed by atoms with Crippen molar-refractivity contribution >= 4 is 44.8 Å². The van der Waals surface area contributed by atoms with Gasteiger partial charge in [-0.2, -0.15) is 0 Å². The maximum atomic E-state index is 12.4. The zero-order valence-electron chi connectivity index (χ0n) is 11.6. The van der Waals surface area contributed by atoms with Crippen molar-refractivity contribution in [2.75, 3.05) is 10.7 Å². The van der Waals surface area contributed by atoms with Crippen molar-refractivity contribution in [1.29, 1.82) is 0 Å². The lowest BCUT2D eigenvalue weighted by atomic mass is 10.1. The highest BCUT2D eigenvalue weighted by Crippen LogP contribution is 2.29. The Hall–Kier alpha value is -1.56. The summed E-state index contributed by atoms with van der Waals surface area (Å²) in [7, 11) is 0. The van der Waals surface area contributed by atoms with Gasteiger partial charge in [0.25, 0.3) is 5.91 Å². The zero-order chi connectivity index (χ0) is 15.6. The number of nitrogens with one attached hydrogen (secondary N) is 2. The van der Waals surface area contributed by atoms with Crippen LogP contribution in [0.15, 0.2) is 34.8 Å². The van der Waals surface area contributed by atoms with Crippen LogP contribution in [0.3, 0.4) is 0 Å². The van der Waals surface area contributed by atoms with Crippen LogP contribution in [-0.2, 0) is 0 Å². The second-order valence-electron chi connectivity index (χ2n) is 4.71. The summed E-state index contributed by atoms with van der Waals surface area (Å²) >= 11 is 9.52. The summed E-state index contributed by atoms with van der Waals surface area (Å²) in [5, 5.41) is 3.46. The van der Waals surface area contributed by atoms with Gasteiger partial charge in [0.1, 0.15) is 0 Å². The molecule has 2 aromatic carbocycles. The molecule has 0 atom stereocenters. The largest absolute Gasteiger partial charge is 0.324 e.